The molecule has 2 N–H and O–H groups in total. The van der Waals surface area contributed by atoms with E-state index in [2.05, 4.69) is 5.32 Å². The van der Waals surface area contributed by atoms with Gasteiger partial charge in [0.2, 0.25) is 0 Å². The quantitative estimate of drug-likeness (QED) is 0.466. The number of fused-ring (bicyclic) bond motifs is 1. The summed E-state index contributed by atoms with van der Waals surface area (Å²) in [4.78, 5) is 12.9. The number of phenols is 1. The number of rotatable bonds is 5. The van der Waals surface area contributed by atoms with Crippen LogP contribution in [0.5, 0.6) is 17.2 Å². The van der Waals surface area contributed by atoms with E-state index in [4.69, 9.17) is 9.47 Å². The molecule has 150 valence electrons. The van der Waals surface area contributed by atoms with E-state index in [1.54, 1.807) is 38.5 Å². The van der Waals surface area contributed by atoms with Crippen LogP contribution in [0.1, 0.15) is 10.4 Å². The van der Waals surface area contributed by atoms with Crippen molar-refractivity contribution in [2.75, 3.05) is 19.5 Å². The van der Waals surface area contributed by atoms with Crippen LogP contribution in [0.3, 0.4) is 0 Å². The van der Waals surface area contributed by atoms with E-state index in [-0.39, 0.29) is 11.7 Å². The fourth-order valence-electron chi connectivity index (χ4n) is 3.38. The van der Waals surface area contributed by atoms with Gasteiger partial charge < -0.3 is 19.9 Å². The summed E-state index contributed by atoms with van der Waals surface area (Å²) >= 11 is 0. The molecule has 0 fully saturated rings. The smallest absolute Gasteiger partial charge is 0.255 e. The number of carbonyl (C=O) groups excluding carboxylic acids is 1. The zero-order valence-corrected chi connectivity index (χ0v) is 16.7. The Kier molecular flexibility index (Phi) is 5.26. The van der Waals surface area contributed by atoms with Crippen LogP contribution in [-0.4, -0.2) is 25.2 Å². The van der Waals surface area contributed by atoms with Crippen molar-refractivity contribution in [3.8, 4) is 28.4 Å². The highest BCUT2D eigenvalue weighted by Crippen LogP contribution is 2.33. The van der Waals surface area contributed by atoms with Crippen molar-refractivity contribution in [2.24, 2.45) is 0 Å². The molecule has 0 aliphatic rings. The predicted octanol–water partition coefficient (Wildman–Crippen LogP) is 5.48. The van der Waals surface area contributed by atoms with Gasteiger partial charge in [0, 0.05) is 16.8 Å². The Morgan fingerprint density at radius 2 is 1.63 bits per heavy atom. The Morgan fingerprint density at radius 1 is 0.833 bits per heavy atom. The molecule has 0 unspecified atom stereocenters. The number of hydrogen-bond acceptors (Lipinski definition) is 4. The van der Waals surface area contributed by atoms with Gasteiger partial charge in [0.15, 0.2) is 0 Å². The molecule has 4 aromatic carbocycles. The number of nitrogens with one attached hydrogen (secondary N) is 1. The van der Waals surface area contributed by atoms with Gasteiger partial charge in [-0.25, -0.2) is 0 Å². The topological polar surface area (TPSA) is 67.8 Å². The average molecular weight is 399 g/mol. The number of carbonyl (C=O) groups is 1. The molecule has 0 atom stereocenters. The molecule has 0 radical (unpaired) electrons. The molecule has 0 bridgehead atoms. The molecule has 0 saturated heterocycles. The standard InChI is InChI=1S/C25H21NO4/c1-29-22-5-3-4-18(14-22)23-15-19(8-11-24(23)30-2)25(28)26-20-9-6-17-13-21(27)10-7-16(17)12-20/h3-15,27H,1-2H3,(H,26,28). The fraction of sp³-hybridized carbons (Fsp3) is 0.0800. The lowest BCUT2D eigenvalue weighted by Crippen LogP contribution is -2.12. The SMILES string of the molecule is COc1cccc(-c2cc(C(=O)Nc3ccc4cc(O)ccc4c3)ccc2OC)c1. The van der Waals surface area contributed by atoms with E-state index in [0.717, 1.165) is 27.6 Å². The third-order valence-electron chi connectivity index (χ3n) is 4.92. The molecule has 0 aliphatic carbocycles. The van der Waals surface area contributed by atoms with Crippen LogP contribution in [0.4, 0.5) is 5.69 Å². The molecule has 5 nitrogen and oxygen atoms in total. The molecule has 30 heavy (non-hydrogen) atoms. The van der Waals surface area contributed by atoms with E-state index >= 15 is 0 Å². The first-order chi connectivity index (χ1) is 14.6. The Balaban J connectivity index is 1.65. The normalized spacial score (nSPS) is 10.6. The fourth-order valence-corrected chi connectivity index (χ4v) is 3.38. The molecule has 4 aromatic rings. The van der Waals surface area contributed by atoms with Gasteiger partial charge in [0.1, 0.15) is 17.2 Å². The van der Waals surface area contributed by atoms with Crippen molar-refractivity contribution in [1.82, 2.24) is 0 Å². The van der Waals surface area contributed by atoms with Crippen molar-refractivity contribution in [1.29, 1.82) is 0 Å². The summed E-state index contributed by atoms with van der Waals surface area (Å²) in [5, 5.41) is 14.4. The van der Waals surface area contributed by atoms with Gasteiger partial charge in [0.25, 0.3) is 5.91 Å². The summed E-state index contributed by atoms with van der Waals surface area (Å²) in [6.07, 6.45) is 0. The maximum absolute atomic E-state index is 12.9. The van der Waals surface area contributed by atoms with E-state index in [0.29, 0.717) is 17.0 Å². The minimum atomic E-state index is -0.222. The third kappa shape index (κ3) is 3.91. The average Bonchev–Trinajstić information content (AvgIpc) is 2.78. The van der Waals surface area contributed by atoms with E-state index in [1.807, 2.05) is 54.6 Å². The molecule has 0 spiro atoms. The van der Waals surface area contributed by atoms with Crippen molar-refractivity contribution in [3.05, 3.63) is 84.4 Å². The zero-order chi connectivity index (χ0) is 21.1. The Hall–Kier alpha value is -3.99. The van der Waals surface area contributed by atoms with Crippen LogP contribution in [0.25, 0.3) is 21.9 Å². The number of methoxy groups -OCH3 is 2. The maximum Gasteiger partial charge on any atom is 0.255 e. The Labute approximate surface area is 174 Å². The summed E-state index contributed by atoms with van der Waals surface area (Å²) in [7, 11) is 3.22. The molecule has 5 heteroatoms. The van der Waals surface area contributed by atoms with Gasteiger partial charge in [-0.1, -0.05) is 24.3 Å². The number of aromatic hydroxyl groups is 1. The van der Waals surface area contributed by atoms with Gasteiger partial charge in [-0.15, -0.1) is 0 Å². The zero-order valence-electron chi connectivity index (χ0n) is 16.7. The lowest BCUT2D eigenvalue weighted by atomic mass is 10.0. The number of anilines is 1. The lowest BCUT2D eigenvalue weighted by molar-refractivity contribution is 0.102. The number of phenolic OH excluding ortho intramolecular Hbond substituents is 1. The van der Waals surface area contributed by atoms with Gasteiger partial charge in [-0.2, -0.15) is 0 Å². The van der Waals surface area contributed by atoms with Crippen molar-refractivity contribution in [3.63, 3.8) is 0 Å². The molecular formula is C25H21NO4. The largest absolute Gasteiger partial charge is 0.508 e. The maximum atomic E-state index is 12.9. The Bertz CT molecular complexity index is 1230. The second-order valence-corrected chi connectivity index (χ2v) is 6.85. The van der Waals surface area contributed by atoms with Gasteiger partial charge in [-0.05, 0) is 70.9 Å². The summed E-state index contributed by atoms with van der Waals surface area (Å²) in [6.45, 7) is 0. The van der Waals surface area contributed by atoms with E-state index in [1.165, 1.54) is 0 Å². The summed E-state index contributed by atoms with van der Waals surface area (Å²) in [5.41, 5.74) is 2.89. The minimum Gasteiger partial charge on any atom is -0.508 e. The molecule has 1 amide bonds. The minimum absolute atomic E-state index is 0.211. The van der Waals surface area contributed by atoms with Crippen LogP contribution in [0.15, 0.2) is 78.9 Å². The predicted molar refractivity (Wildman–Crippen MR) is 119 cm³/mol. The van der Waals surface area contributed by atoms with Crippen LogP contribution in [0, 0.1) is 0 Å². The summed E-state index contributed by atoms with van der Waals surface area (Å²) < 4.78 is 10.8. The molecule has 0 saturated carbocycles. The van der Waals surface area contributed by atoms with Gasteiger partial charge >= 0.3 is 0 Å². The van der Waals surface area contributed by atoms with E-state index < -0.39 is 0 Å². The highest BCUT2D eigenvalue weighted by atomic mass is 16.5. The molecule has 0 heterocycles. The van der Waals surface area contributed by atoms with Gasteiger partial charge in [0.05, 0.1) is 14.2 Å². The number of hydrogen-bond donors (Lipinski definition) is 2. The number of benzene rings is 4. The summed E-state index contributed by atoms with van der Waals surface area (Å²) in [5.74, 6) is 1.39. The van der Waals surface area contributed by atoms with Crippen LogP contribution in [0.2, 0.25) is 0 Å². The first-order valence-corrected chi connectivity index (χ1v) is 9.44. The van der Waals surface area contributed by atoms with Crippen molar-refractivity contribution >= 4 is 22.4 Å². The van der Waals surface area contributed by atoms with E-state index in [9.17, 15) is 9.90 Å². The van der Waals surface area contributed by atoms with Crippen LogP contribution < -0.4 is 14.8 Å². The first kappa shape index (κ1) is 19.3. The number of amides is 1. The highest BCUT2D eigenvalue weighted by Gasteiger charge is 2.13. The molecular weight excluding hydrogens is 378 g/mol. The monoisotopic (exact) mass is 399 g/mol. The number of ether oxygens (including phenoxy) is 2. The third-order valence-corrected chi connectivity index (χ3v) is 4.92. The molecule has 4 rings (SSSR count). The second-order valence-electron chi connectivity index (χ2n) is 6.85. The lowest BCUT2D eigenvalue weighted by Gasteiger charge is -2.12. The highest BCUT2D eigenvalue weighted by molar-refractivity contribution is 6.06. The molecule has 0 aromatic heterocycles. The Morgan fingerprint density at radius 3 is 2.43 bits per heavy atom. The first-order valence-electron chi connectivity index (χ1n) is 9.44. The molecule has 0 aliphatic heterocycles. The van der Waals surface area contributed by atoms with Crippen LogP contribution in [-0.2, 0) is 0 Å². The second kappa shape index (κ2) is 8.17. The summed E-state index contributed by atoms with van der Waals surface area (Å²) in [6, 6.07) is 23.6. The van der Waals surface area contributed by atoms with Gasteiger partial charge in [-0.3, -0.25) is 4.79 Å². The van der Waals surface area contributed by atoms with Crippen LogP contribution >= 0.6 is 0 Å². The van der Waals surface area contributed by atoms with Crippen molar-refractivity contribution < 1.29 is 19.4 Å². The van der Waals surface area contributed by atoms with Crippen molar-refractivity contribution in [2.45, 2.75) is 0 Å².